The van der Waals surface area contributed by atoms with Gasteiger partial charge in [-0.05, 0) is 67.4 Å². The van der Waals surface area contributed by atoms with Crippen LogP contribution in [-0.4, -0.2) is 42.6 Å². The second-order valence-corrected chi connectivity index (χ2v) is 9.39. The van der Waals surface area contributed by atoms with E-state index >= 15 is 8.78 Å². The topological polar surface area (TPSA) is 32.5 Å². The van der Waals surface area contributed by atoms with E-state index in [-0.39, 0.29) is 5.82 Å². The molecule has 0 spiro atoms. The number of benzene rings is 3. The zero-order chi connectivity index (χ0) is 24.4. The molecule has 6 heteroatoms. The first-order valence-electron chi connectivity index (χ1n) is 12.5. The van der Waals surface area contributed by atoms with Crippen LogP contribution < -0.4 is 4.90 Å². The molecule has 0 atom stereocenters. The van der Waals surface area contributed by atoms with Gasteiger partial charge < -0.3 is 9.32 Å². The van der Waals surface area contributed by atoms with Crippen molar-refractivity contribution in [3.8, 4) is 22.6 Å². The number of hydrogen-bond donors (Lipinski definition) is 0. The molecular weight excluding hydrogens is 444 g/mol. The van der Waals surface area contributed by atoms with Crippen molar-refractivity contribution in [3.63, 3.8) is 0 Å². The fourth-order valence-electron chi connectivity index (χ4n) is 4.77. The molecule has 182 valence electrons. The molecule has 4 aromatic rings. The van der Waals surface area contributed by atoms with Gasteiger partial charge >= 0.3 is 0 Å². The van der Waals surface area contributed by atoms with Crippen molar-refractivity contribution in [2.24, 2.45) is 0 Å². The van der Waals surface area contributed by atoms with Gasteiger partial charge in [-0.3, -0.25) is 4.90 Å². The molecule has 1 aliphatic heterocycles. The van der Waals surface area contributed by atoms with E-state index in [0.29, 0.717) is 33.9 Å². The number of fused-ring (bicyclic) bond motifs is 1. The van der Waals surface area contributed by atoms with E-state index in [1.807, 2.05) is 25.1 Å². The third-order valence-corrected chi connectivity index (χ3v) is 6.81. The number of oxazole rings is 1. The van der Waals surface area contributed by atoms with Crippen LogP contribution in [0.3, 0.4) is 0 Å². The lowest BCUT2D eigenvalue weighted by molar-refractivity contribution is 0.252. The maximum absolute atomic E-state index is 15.1. The van der Waals surface area contributed by atoms with E-state index in [0.717, 1.165) is 43.8 Å². The molecule has 0 bridgehead atoms. The number of nitrogens with zero attached hydrogens (tertiary/aromatic N) is 3. The Hall–Kier alpha value is -3.25. The third-order valence-electron chi connectivity index (χ3n) is 6.81. The quantitative estimate of drug-likeness (QED) is 0.268. The lowest BCUT2D eigenvalue weighted by atomic mass is 10.0. The van der Waals surface area contributed by atoms with Gasteiger partial charge in [0.1, 0.15) is 17.2 Å². The molecule has 4 nitrogen and oxygen atoms in total. The van der Waals surface area contributed by atoms with Crippen molar-refractivity contribution < 1.29 is 13.2 Å². The van der Waals surface area contributed by atoms with Crippen LogP contribution in [0.15, 0.2) is 59.0 Å². The van der Waals surface area contributed by atoms with Crippen LogP contribution in [0.1, 0.15) is 31.7 Å². The van der Waals surface area contributed by atoms with Crippen LogP contribution in [0.2, 0.25) is 0 Å². The average Bonchev–Trinajstić information content (AvgIpc) is 3.28. The first kappa shape index (κ1) is 23.5. The zero-order valence-electron chi connectivity index (χ0n) is 20.4. The van der Waals surface area contributed by atoms with Crippen molar-refractivity contribution in [3.05, 3.63) is 71.8 Å². The molecule has 0 saturated carbocycles. The SMILES string of the molecule is CCCCCN1CCN(c2ccc(-c3ccc(-c4nc5cc(C)ccc5o4)cc3F)cc2F)CC1. The molecule has 0 radical (unpaired) electrons. The molecule has 1 fully saturated rings. The minimum Gasteiger partial charge on any atom is -0.436 e. The highest BCUT2D eigenvalue weighted by molar-refractivity contribution is 5.78. The van der Waals surface area contributed by atoms with Gasteiger partial charge in [-0.2, -0.15) is 0 Å². The van der Waals surface area contributed by atoms with Crippen molar-refractivity contribution in [2.45, 2.75) is 33.1 Å². The third kappa shape index (κ3) is 5.08. The van der Waals surface area contributed by atoms with E-state index in [1.165, 1.54) is 31.4 Å². The Bertz CT molecular complexity index is 1330. The minimum atomic E-state index is -0.436. The van der Waals surface area contributed by atoms with Gasteiger partial charge in [-0.15, -0.1) is 0 Å². The van der Waals surface area contributed by atoms with Crippen LogP contribution in [-0.2, 0) is 0 Å². The summed E-state index contributed by atoms with van der Waals surface area (Å²) in [5, 5.41) is 0. The van der Waals surface area contributed by atoms with Crippen LogP contribution in [0, 0.1) is 18.6 Å². The molecule has 1 aliphatic rings. The Morgan fingerprint density at radius 3 is 2.37 bits per heavy atom. The Kier molecular flexibility index (Phi) is 6.82. The Balaban J connectivity index is 1.31. The molecule has 3 aromatic carbocycles. The van der Waals surface area contributed by atoms with Crippen LogP contribution in [0.25, 0.3) is 33.7 Å². The van der Waals surface area contributed by atoms with Crippen LogP contribution in [0.4, 0.5) is 14.5 Å². The largest absolute Gasteiger partial charge is 0.436 e. The number of aromatic nitrogens is 1. The highest BCUT2D eigenvalue weighted by Crippen LogP contribution is 2.32. The van der Waals surface area contributed by atoms with Gasteiger partial charge in [0.15, 0.2) is 5.58 Å². The zero-order valence-corrected chi connectivity index (χ0v) is 20.4. The predicted molar refractivity (Wildman–Crippen MR) is 138 cm³/mol. The van der Waals surface area contributed by atoms with Gasteiger partial charge in [0.2, 0.25) is 5.89 Å². The van der Waals surface area contributed by atoms with E-state index in [1.54, 1.807) is 24.3 Å². The molecule has 1 saturated heterocycles. The summed E-state index contributed by atoms with van der Waals surface area (Å²) < 4.78 is 36.0. The normalized spacial score (nSPS) is 14.7. The molecule has 0 amide bonds. The fourth-order valence-corrected chi connectivity index (χ4v) is 4.77. The summed E-state index contributed by atoms with van der Waals surface area (Å²) in [6, 6.07) is 15.6. The lowest BCUT2D eigenvalue weighted by Crippen LogP contribution is -2.46. The Morgan fingerprint density at radius 1 is 0.857 bits per heavy atom. The van der Waals surface area contributed by atoms with E-state index in [4.69, 9.17) is 4.42 Å². The fraction of sp³-hybridized carbons (Fsp3) is 0.345. The van der Waals surface area contributed by atoms with E-state index < -0.39 is 5.82 Å². The number of aryl methyl sites for hydroxylation is 1. The molecule has 5 rings (SSSR count). The molecule has 35 heavy (non-hydrogen) atoms. The number of halogens is 2. The van der Waals surface area contributed by atoms with Crippen molar-refractivity contribution in [2.75, 3.05) is 37.6 Å². The summed E-state index contributed by atoms with van der Waals surface area (Å²) in [6.45, 7) is 8.80. The highest BCUT2D eigenvalue weighted by Gasteiger charge is 2.20. The first-order valence-corrected chi connectivity index (χ1v) is 12.5. The maximum atomic E-state index is 15.1. The maximum Gasteiger partial charge on any atom is 0.227 e. The number of rotatable bonds is 7. The summed E-state index contributed by atoms with van der Waals surface area (Å²) in [4.78, 5) is 9.03. The van der Waals surface area contributed by atoms with Gasteiger partial charge in [0.25, 0.3) is 0 Å². The van der Waals surface area contributed by atoms with Gasteiger partial charge in [0, 0.05) is 37.3 Å². The monoisotopic (exact) mass is 475 g/mol. The molecule has 2 heterocycles. The molecule has 0 aliphatic carbocycles. The number of anilines is 1. The molecule has 1 aromatic heterocycles. The summed E-state index contributed by atoms with van der Waals surface area (Å²) in [5.74, 6) is -0.389. The van der Waals surface area contributed by atoms with Gasteiger partial charge in [-0.25, -0.2) is 13.8 Å². The van der Waals surface area contributed by atoms with Crippen LogP contribution >= 0.6 is 0 Å². The Morgan fingerprint density at radius 2 is 1.63 bits per heavy atom. The lowest BCUT2D eigenvalue weighted by Gasteiger charge is -2.36. The van der Waals surface area contributed by atoms with Crippen LogP contribution in [0.5, 0.6) is 0 Å². The van der Waals surface area contributed by atoms with Gasteiger partial charge in [0.05, 0.1) is 5.69 Å². The van der Waals surface area contributed by atoms with Crippen molar-refractivity contribution in [1.82, 2.24) is 9.88 Å². The van der Waals surface area contributed by atoms with E-state index in [9.17, 15) is 0 Å². The first-order chi connectivity index (χ1) is 17.0. The summed E-state index contributed by atoms with van der Waals surface area (Å²) in [6.07, 6.45) is 3.69. The summed E-state index contributed by atoms with van der Waals surface area (Å²) >= 11 is 0. The number of hydrogen-bond acceptors (Lipinski definition) is 4. The highest BCUT2D eigenvalue weighted by atomic mass is 19.1. The minimum absolute atomic E-state index is 0.320. The second-order valence-electron chi connectivity index (χ2n) is 9.39. The smallest absolute Gasteiger partial charge is 0.227 e. The van der Waals surface area contributed by atoms with Crippen molar-refractivity contribution in [1.29, 1.82) is 0 Å². The standard InChI is InChI=1S/C29H31F2N3O/c1-3-4-5-12-33-13-15-34(16-14-33)27-10-8-21(18-25(27)31)23-9-7-22(19-24(23)30)29-32-26-17-20(2)6-11-28(26)35-29/h6-11,17-19H,3-5,12-16H2,1-2H3. The van der Waals surface area contributed by atoms with E-state index in [2.05, 4.69) is 21.7 Å². The summed E-state index contributed by atoms with van der Waals surface area (Å²) in [5.41, 5.74) is 4.49. The molecule has 0 N–H and O–H groups in total. The number of unbranched alkanes of at least 4 members (excludes halogenated alkanes) is 2. The summed E-state index contributed by atoms with van der Waals surface area (Å²) in [7, 11) is 0. The molecule has 0 unspecified atom stereocenters. The Labute approximate surface area is 205 Å². The second kappa shape index (κ2) is 10.2. The number of piperazine rings is 1. The molecular formula is C29H31F2N3O. The average molecular weight is 476 g/mol. The predicted octanol–water partition coefficient (Wildman–Crippen LogP) is 7.06. The van der Waals surface area contributed by atoms with Crippen molar-refractivity contribution >= 4 is 16.8 Å². The van der Waals surface area contributed by atoms with Gasteiger partial charge in [-0.1, -0.05) is 38.0 Å².